The lowest BCUT2D eigenvalue weighted by Gasteiger charge is -2.35. The zero-order valence-electron chi connectivity index (χ0n) is 20.2. The van der Waals surface area contributed by atoms with Crippen molar-refractivity contribution in [2.45, 2.75) is 32.7 Å². The molecule has 0 saturated heterocycles. The van der Waals surface area contributed by atoms with Gasteiger partial charge < -0.3 is 9.84 Å². The van der Waals surface area contributed by atoms with Crippen molar-refractivity contribution in [2.75, 3.05) is 6.54 Å². The van der Waals surface area contributed by atoms with Crippen LogP contribution in [0.25, 0.3) is 17.0 Å². The number of benzene rings is 3. The maximum Gasteiger partial charge on any atom is 0.322 e. The molecule has 5 rings (SSSR count). The second-order valence-corrected chi connectivity index (χ2v) is 9.23. The molecule has 2 heterocycles. The Morgan fingerprint density at radius 2 is 1.78 bits per heavy atom. The smallest absolute Gasteiger partial charge is 0.322 e. The number of carbonyl (C=O) groups excluding carboxylic acids is 1. The maximum atomic E-state index is 13.3. The summed E-state index contributed by atoms with van der Waals surface area (Å²) >= 11 is 6.17. The van der Waals surface area contributed by atoms with E-state index in [2.05, 4.69) is 41.7 Å². The Morgan fingerprint density at radius 3 is 2.50 bits per heavy atom. The number of nitrogens with one attached hydrogen (secondary N) is 1. The molecule has 182 valence electrons. The molecule has 1 atom stereocenters. The first-order chi connectivity index (χ1) is 17.5. The van der Waals surface area contributed by atoms with Crippen LogP contribution < -0.4 is 5.32 Å². The van der Waals surface area contributed by atoms with Gasteiger partial charge in [0.1, 0.15) is 0 Å². The molecule has 0 fully saturated rings. The van der Waals surface area contributed by atoms with E-state index in [0.29, 0.717) is 23.3 Å². The van der Waals surface area contributed by atoms with Crippen LogP contribution in [0.3, 0.4) is 0 Å². The van der Waals surface area contributed by atoms with E-state index in [1.807, 2.05) is 49.4 Å². The monoisotopic (exact) mass is 498 g/mol. The predicted molar refractivity (Wildman–Crippen MR) is 141 cm³/mol. The fourth-order valence-electron chi connectivity index (χ4n) is 4.49. The van der Waals surface area contributed by atoms with Crippen LogP contribution in [0.1, 0.15) is 42.5 Å². The van der Waals surface area contributed by atoms with Gasteiger partial charge in [-0.25, -0.2) is 4.79 Å². The van der Waals surface area contributed by atoms with Crippen molar-refractivity contribution in [1.29, 1.82) is 0 Å². The SMILES string of the molecule is CCc1ccc(C2NC(=O)N(CCc3ccccc3)C(C)=C2c2nc(-c3cccc(Cl)c3)no2)cc1. The third kappa shape index (κ3) is 4.90. The number of urea groups is 1. The molecule has 0 radical (unpaired) electrons. The van der Waals surface area contributed by atoms with E-state index in [0.717, 1.165) is 40.8 Å². The maximum absolute atomic E-state index is 13.3. The number of nitrogens with zero attached hydrogens (tertiary/aromatic N) is 3. The Bertz CT molecular complexity index is 1400. The summed E-state index contributed by atoms with van der Waals surface area (Å²) in [5.41, 5.74) is 5.69. The van der Waals surface area contributed by atoms with Crippen molar-refractivity contribution in [3.8, 4) is 11.4 Å². The molecule has 0 bridgehead atoms. The Morgan fingerprint density at radius 1 is 1.00 bits per heavy atom. The highest BCUT2D eigenvalue weighted by molar-refractivity contribution is 6.30. The van der Waals surface area contributed by atoms with Gasteiger partial charge in [0, 0.05) is 22.8 Å². The predicted octanol–water partition coefficient (Wildman–Crippen LogP) is 6.69. The first-order valence-corrected chi connectivity index (χ1v) is 12.4. The minimum absolute atomic E-state index is 0.147. The lowest BCUT2D eigenvalue weighted by molar-refractivity contribution is 0.205. The van der Waals surface area contributed by atoms with Crippen LogP contribution >= 0.6 is 11.6 Å². The molecule has 0 aliphatic carbocycles. The van der Waals surface area contributed by atoms with E-state index in [4.69, 9.17) is 21.1 Å². The fourth-order valence-corrected chi connectivity index (χ4v) is 4.68. The van der Waals surface area contributed by atoms with E-state index in [1.165, 1.54) is 5.56 Å². The Labute approximate surface area is 215 Å². The number of hydrogen-bond donors (Lipinski definition) is 1. The molecule has 1 unspecified atom stereocenters. The largest absolute Gasteiger partial charge is 0.334 e. The van der Waals surface area contributed by atoms with Gasteiger partial charge in [0.2, 0.25) is 5.82 Å². The van der Waals surface area contributed by atoms with E-state index < -0.39 is 6.04 Å². The number of carbonyl (C=O) groups is 1. The van der Waals surface area contributed by atoms with Gasteiger partial charge in [0.15, 0.2) is 0 Å². The van der Waals surface area contributed by atoms with Gasteiger partial charge in [-0.1, -0.05) is 90.4 Å². The van der Waals surface area contributed by atoms with E-state index >= 15 is 0 Å². The first kappa shape index (κ1) is 23.8. The van der Waals surface area contributed by atoms with Crippen molar-refractivity contribution in [2.24, 2.45) is 0 Å². The number of aryl methyl sites for hydroxylation is 1. The average molecular weight is 499 g/mol. The molecule has 1 aromatic heterocycles. The minimum Gasteiger partial charge on any atom is -0.334 e. The second-order valence-electron chi connectivity index (χ2n) is 8.80. The quantitative estimate of drug-likeness (QED) is 0.308. The summed E-state index contributed by atoms with van der Waals surface area (Å²) in [5.74, 6) is 0.817. The number of rotatable bonds is 7. The molecular formula is C29H27ClN4O2. The lowest BCUT2D eigenvalue weighted by atomic mass is 9.93. The van der Waals surface area contributed by atoms with Crippen molar-refractivity contribution < 1.29 is 9.32 Å². The molecule has 1 aliphatic rings. The summed E-state index contributed by atoms with van der Waals surface area (Å²) in [4.78, 5) is 19.7. The number of aromatic nitrogens is 2. The summed E-state index contributed by atoms with van der Waals surface area (Å²) in [6.07, 6.45) is 1.67. The fraction of sp³-hybridized carbons (Fsp3) is 0.207. The normalized spacial score (nSPS) is 15.8. The lowest BCUT2D eigenvalue weighted by Crippen LogP contribution is -2.46. The summed E-state index contributed by atoms with van der Waals surface area (Å²) in [5, 5.41) is 7.99. The Balaban J connectivity index is 1.54. The summed E-state index contributed by atoms with van der Waals surface area (Å²) in [6, 6.07) is 25.2. The molecule has 4 aromatic rings. The third-order valence-electron chi connectivity index (χ3n) is 6.52. The van der Waals surface area contributed by atoms with Crippen LogP contribution in [0, 0.1) is 0 Å². The molecule has 2 amide bonds. The molecule has 0 saturated carbocycles. The summed E-state index contributed by atoms with van der Waals surface area (Å²) in [7, 11) is 0. The molecule has 0 spiro atoms. The zero-order chi connectivity index (χ0) is 25.1. The van der Waals surface area contributed by atoms with Crippen LogP contribution in [-0.2, 0) is 12.8 Å². The second kappa shape index (κ2) is 10.4. The highest BCUT2D eigenvalue weighted by atomic mass is 35.5. The standard InChI is InChI=1S/C29H27ClN4O2/c1-3-20-12-14-22(15-13-20)26-25(28-32-27(33-36-28)23-10-7-11-24(30)18-23)19(2)34(29(35)31-26)17-16-21-8-5-4-6-9-21/h4-15,18,26H,3,16-17H2,1-2H3,(H,31,35). The molecular weight excluding hydrogens is 472 g/mol. The van der Waals surface area contributed by atoms with Crippen molar-refractivity contribution in [3.05, 3.63) is 112 Å². The molecule has 3 aromatic carbocycles. The minimum atomic E-state index is -0.413. The average Bonchev–Trinajstić information content (AvgIpc) is 3.39. The summed E-state index contributed by atoms with van der Waals surface area (Å²) < 4.78 is 5.77. The summed E-state index contributed by atoms with van der Waals surface area (Å²) in [6.45, 7) is 4.59. The number of halogens is 1. The van der Waals surface area contributed by atoms with Gasteiger partial charge in [-0.05, 0) is 48.6 Å². The van der Waals surface area contributed by atoms with Gasteiger partial charge in [-0.2, -0.15) is 4.98 Å². The molecule has 36 heavy (non-hydrogen) atoms. The highest BCUT2D eigenvalue weighted by Crippen LogP contribution is 2.37. The van der Waals surface area contributed by atoms with Gasteiger partial charge in [0.05, 0.1) is 11.6 Å². The third-order valence-corrected chi connectivity index (χ3v) is 6.76. The van der Waals surface area contributed by atoms with E-state index in [-0.39, 0.29) is 6.03 Å². The zero-order valence-corrected chi connectivity index (χ0v) is 21.0. The van der Waals surface area contributed by atoms with E-state index in [9.17, 15) is 4.79 Å². The Kier molecular flexibility index (Phi) is 6.87. The van der Waals surface area contributed by atoms with E-state index in [1.54, 1.807) is 17.0 Å². The highest BCUT2D eigenvalue weighted by Gasteiger charge is 2.35. The van der Waals surface area contributed by atoms with Gasteiger partial charge in [-0.3, -0.25) is 4.90 Å². The number of amides is 2. The van der Waals surface area contributed by atoms with Crippen LogP contribution in [0.5, 0.6) is 0 Å². The van der Waals surface area contributed by atoms with Crippen molar-refractivity contribution in [3.63, 3.8) is 0 Å². The molecule has 1 aliphatic heterocycles. The van der Waals surface area contributed by atoms with Gasteiger partial charge >= 0.3 is 6.03 Å². The van der Waals surface area contributed by atoms with Crippen LogP contribution in [0.2, 0.25) is 5.02 Å². The molecule has 1 N–H and O–H groups in total. The number of hydrogen-bond acceptors (Lipinski definition) is 4. The Hall–Kier alpha value is -3.90. The molecule has 6 nitrogen and oxygen atoms in total. The van der Waals surface area contributed by atoms with Crippen LogP contribution in [0.15, 0.2) is 89.1 Å². The van der Waals surface area contributed by atoms with Gasteiger partial charge in [-0.15, -0.1) is 0 Å². The topological polar surface area (TPSA) is 71.3 Å². The van der Waals surface area contributed by atoms with Crippen LogP contribution in [-0.4, -0.2) is 27.6 Å². The molecule has 7 heteroatoms. The first-order valence-electron chi connectivity index (χ1n) is 12.0. The van der Waals surface area contributed by atoms with Gasteiger partial charge in [0.25, 0.3) is 5.89 Å². The van der Waals surface area contributed by atoms with Crippen molar-refractivity contribution in [1.82, 2.24) is 20.4 Å². The van der Waals surface area contributed by atoms with Crippen molar-refractivity contribution >= 4 is 23.2 Å². The number of allylic oxidation sites excluding steroid dienone is 1. The van der Waals surface area contributed by atoms with Crippen LogP contribution in [0.4, 0.5) is 4.79 Å².